The molecule has 222 valence electrons. The van der Waals surface area contributed by atoms with Crippen LogP contribution in [0.5, 0.6) is 0 Å². The SMILES string of the molecule is N#Cc1ccc(-n2c3ccc([N+](=O)[O-])cc3c3cc([N+](=O)[O-])ccc32)cc1-c1cc2c([nH]c3ccccc32)c([N+](=O)[O-])c1[N+](=O)[O-]. The van der Waals surface area contributed by atoms with Crippen molar-refractivity contribution in [3.05, 3.63) is 131 Å². The van der Waals surface area contributed by atoms with Gasteiger partial charge in [-0.1, -0.05) is 18.2 Å². The molecule has 0 aliphatic heterocycles. The molecule has 0 radical (unpaired) electrons. The minimum absolute atomic E-state index is 0.00705. The molecule has 46 heavy (non-hydrogen) atoms. The molecule has 7 aromatic rings. The first-order valence-electron chi connectivity index (χ1n) is 13.4. The van der Waals surface area contributed by atoms with Gasteiger partial charge in [0.05, 0.1) is 47.9 Å². The second kappa shape index (κ2) is 9.92. The number of hydrogen-bond acceptors (Lipinski definition) is 9. The van der Waals surface area contributed by atoms with Crippen LogP contribution in [0.3, 0.4) is 0 Å². The highest BCUT2D eigenvalue weighted by Gasteiger charge is 2.35. The molecule has 0 spiro atoms. The van der Waals surface area contributed by atoms with Gasteiger partial charge in [0.25, 0.3) is 11.4 Å². The third kappa shape index (κ3) is 3.98. The van der Waals surface area contributed by atoms with Gasteiger partial charge in [0.15, 0.2) is 0 Å². The number of hydrogen-bond donors (Lipinski definition) is 1. The van der Waals surface area contributed by atoms with Crippen LogP contribution in [0.15, 0.2) is 84.9 Å². The molecule has 15 heteroatoms. The van der Waals surface area contributed by atoms with E-state index in [9.17, 15) is 45.7 Å². The summed E-state index contributed by atoms with van der Waals surface area (Å²) in [6, 6.07) is 22.8. The van der Waals surface area contributed by atoms with Crippen molar-refractivity contribution < 1.29 is 19.7 Å². The zero-order valence-electron chi connectivity index (χ0n) is 23.0. The van der Waals surface area contributed by atoms with Crippen LogP contribution in [-0.2, 0) is 0 Å². The number of aromatic nitrogens is 2. The van der Waals surface area contributed by atoms with Crippen LogP contribution in [0.25, 0.3) is 60.4 Å². The molecule has 5 aromatic carbocycles. The highest BCUT2D eigenvalue weighted by atomic mass is 16.6. The van der Waals surface area contributed by atoms with E-state index in [4.69, 9.17) is 0 Å². The summed E-state index contributed by atoms with van der Waals surface area (Å²) in [6.45, 7) is 0. The van der Waals surface area contributed by atoms with Crippen LogP contribution < -0.4 is 0 Å². The lowest BCUT2D eigenvalue weighted by atomic mass is 9.95. The monoisotopic (exact) mass is 613 g/mol. The summed E-state index contributed by atoms with van der Waals surface area (Å²) < 4.78 is 1.65. The minimum atomic E-state index is -0.856. The smallest absolute Gasteiger partial charge is 0.349 e. The maximum atomic E-state index is 12.5. The molecular weight excluding hydrogens is 598 g/mol. The van der Waals surface area contributed by atoms with E-state index in [1.807, 2.05) is 6.07 Å². The Kier molecular flexibility index (Phi) is 5.96. The number of rotatable bonds is 6. The molecule has 2 aromatic heterocycles. The van der Waals surface area contributed by atoms with Crippen molar-refractivity contribution in [2.24, 2.45) is 0 Å². The Morgan fingerprint density at radius 3 is 1.78 bits per heavy atom. The Labute approximate surface area is 254 Å². The van der Waals surface area contributed by atoms with Gasteiger partial charge in [0.1, 0.15) is 5.52 Å². The third-order valence-electron chi connectivity index (χ3n) is 7.94. The fourth-order valence-corrected chi connectivity index (χ4v) is 6.02. The number of non-ortho nitro benzene ring substituents is 2. The van der Waals surface area contributed by atoms with E-state index in [2.05, 4.69) is 4.98 Å². The van der Waals surface area contributed by atoms with Gasteiger partial charge in [-0.25, -0.2) is 0 Å². The summed E-state index contributed by atoms with van der Waals surface area (Å²) in [5, 5.41) is 59.7. The minimum Gasteiger partial charge on any atom is -0.349 e. The summed E-state index contributed by atoms with van der Waals surface area (Å²) in [7, 11) is 0. The second-order valence-electron chi connectivity index (χ2n) is 10.3. The van der Waals surface area contributed by atoms with Crippen molar-refractivity contribution in [2.75, 3.05) is 0 Å². The van der Waals surface area contributed by atoms with Crippen molar-refractivity contribution in [3.63, 3.8) is 0 Å². The van der Waals surface area contributed by atoms with Crippen LogP contribution in [0.4, 0.5) is 22.7 Å². The van der Waals surface area contributed by atoms with Gasteiger partial charge < -0.3 is 9.55 Å². The molecule has 0 atom stereocenters. The van der Waals surface area contributed by atoms with E-state index < -0.39 is 31.1 Å². The van der Waals surface area contributed by atoms with E-state index in [1.165, 1.54) is 54.6 Å². The third-order valence-corrected chi connectivity index (χ3v) is 7.94. The summed E-state index contributed by atoms with van der Waals surface area (Å²) in [5.74, 6) is 0. The number of nitro benzene ring substituents is 4. The normalized spacial score (nSPS) is 11.3. The average Bonchev–Trinajstić information content (AvgIpc) is 3.58. The lowest BCUT2D eigenvalue weighted by molar-refractivity contribution is -0.420. The fourth-order valence-electron chi connectivity index (χ4n) is 6.02. The number of nitrogens with one attached hydrogen (secondary N) is 1. The number of nitro groups is 4. The van der Waals surface area contributed by atoms with Gasteiger partial charge in [-0.15, -0.1) is 0 Å². The van der Waals surface area contributed by atoms with Gasteiger partial charge in [0.2, 0.25) is 0 Å². The van der Waals surface area contributed by atoms with E-state index in [-0.39, 0.29) is 33.6 Å². The molecule has 0 amide bonds. The van der Waals surface area contributed by atoms with Gasteiger partial charge in [-0.05, 0) is 42.5 Å². The van der Waals surface area contributed by atoms with E-state index in [0.29, 0.717) is 43.8 Å². The number of benzene rings is 5. The van der Waals surface area contributed by atoms with Crippen LogP contribution in [0.1, 0.15) is 5.56 Å². The molecule has 2 heterocycles. The van der Waals surface area contributed by atoms with E-state index >= 15 is 0 Å². The van der Waals surface area contributed by atoms with Crippen LogP contribution >= 0.6 is 0 Å². The second-order valence-corrected chi connectivity index (χ2v) is 10.3. The number of fused-ring (bicyclic) bond motifs is 6. The molecule has 0 bridgehead atoms. The lowest BCUT2D eigenvalue weighted by Crippen LogP contribution is -2.02. The first-order chi connectivity index (χ1) is 22.1. The number of nitrogens with zero attached hydrogens (tertiary/aromatic N) is 6. The predicted molar refractivity (Wildman–Crippen MR) is 167 cm³/mol. The Morgan fingerprint density at radius 1 is 0.609 bits per heavy atom. The van der Waals surface area contributed by atoms with Crippen molar-refractivity contribution >= 4 is 66.4 Å². The Hall–Kier alpha value is -7.21. The predicted octanol–water partition coefficient (Wildman–Crippen LogP) is 7.59. The van der Waals surface area contributed by atoms with Crippen molar-refractivity contribution in [1.82, 2.24) is 9.55 Å². The highest BCUT2D eigenvalue weighted by molar-refractivity contribution is 6.14. The summed E-state index contributed by atoms with van der Waals surface area (Å²) in [5.41, 5.74) is -0.543. The zero-order chi connectivity index (χ0) is 32.4. The highest BCUT2D eigenvalue weighted by Crippen LogP contribution is 2.46. The number of H-pyrrole nitrogens is 1. The molecule has 7 rings (SSSR count). The topological polar surface area (TPSA) is 217 Å². The van der Waals surface area contributed by atoms with Gasteiger partial charge in [-0.2, -0.15) is 5.26 Å². The summed E-state index contributed by atoms with van der Waals surface area (Å²) >= 11 is 0. The number of para-hydroxylation sites is 1. The quantitative estimate of drug-likeness (QED) is 0.144. The van der Waals surface area contributed by atoms with Crippen LogP contribution in [0.2, 0.25) is 0 Å². The average molecular weight is 614 g/mol. The Bertz CT molecular complexity index is 2510. The molecule has 0 fully saturated rings. The molecule has 0 saturated heterocycles. The van der Waals surface area contributed by atoms with E-state index in [1.54, 1.807) is 34.9 Å². The number of nitriles is 1. The van der Waals surface area contributed by atoms with E-state index in [0.717, 1.165) is 0 Å². The van der Waals surface area contributed by atoms with Gasteiger partial charge in [-0.3, -0.25) is 40.5 Å². The molecule has 0 saturated carbocycles. The molecule has 1 N–H and O–H groups in total. The Morgan fingerprint density at radius 2 is 1.22 bits per heavy atom. The maximum Gasteiger partial charge on any atom is 0.370 e. The van der Waals surface area contributed by atoms with Crippen molar-refractivity contribution in [2.45, 2.75) is 0 Å². The Balaban J connectivity index is 1.59. The molecule has 15 nitrogen and oxygen atoms in total. The van der Waals surface area contributed by atoms with Crippen LogP contribution in [0, 0.1) is 51.8 Å². The summed E-state index contributed by atoms with van der Waals surface area (Å²) in [6.07, 6.45) is 0. The van der Waals surface area contributed by atoms with Gasteiger partial charge in [0, 0.05) is 62.6 Å². The first kappa shape index (κ1) is 27.6. The lowest BCUT2D eigenvalue weighted by Gasteiger charge is -2.12. The largest absolute Gasteiger partial charge is 0.370 e. The van der Waals surface area contributed by atoms with Gasteiger partial charge >= 0.3 is 11.4 Å². The number of aromatic amines is 1. The zero-order valence-corrected chi connectivity index (χ0v) is 23.0. The molecule has 0 aliphatic rings. The van der Waals surface area contributed by atoms with Crippen molar-refractivity contribution in [3.8, 4) is 22.9 Å². The van der Waals surface area contributed by atoms with Crippen molar-refractivity contribution in [1.29, 1.82) is 5.26 Å². The fraction of sp³-hybridized carbons (Fsp3) is 0. The first-order valence-corrected chi connectivity index (χ1v) is 13.4. The molecular formula is C31H15N7O8. The maximum absolute atomic E-state index is 12.5. The standard InChI is InChI=1S/C31H15N7O8/c32-15-16-5-6-17(34-27-9-7-18(35(39)40)12-22(27)23-13-19(36(41)42)8-10-28(23)34)11-21(16)25-14-24-20-3-1-2-4-26(20)33-29(24)31(38(45)46)30(25)37(43)44/h1-14,33H. The van der Waals surface area contributed by atoms with Crippen LogP contribution in [-0.4, -0.2) is 29.2 Å². The molecule has 0 aliphatic carbocycles. The molecule has 0 unspecified atom stereocenters. The summed E-state index contributed by atoms with van der Waals surface area (Å²) in [4.78, 5) is 48.1.